The second-order valence-corrected chi connectivity index (χ2v) is 15.5. The number of rotatable bonds is 8. The highest BCUT2D eigenvalue weighted by Crippen LogP contribution is 2.63. The van der Waals surface area contributed by atoms with Crippen molar-refractivity contribution in [1.29, 1.82) is 0 Å². The SMILES string of the molecule is COC(=O)OC12CO[C@@H]1C[C@H](O)[C@@]1(C)C(=O)[C@H](OC(C)=O)C3=C(C)[C@@H](OC(=O)[C@H](O)[C@@H](NC(=O)c4ccccc4)c4ccccc4)C[C@@](O)(C[C@H]21)C3(C)C. The highest BCUT2D eigenvalue weighted by Gasteiger charge is 2.74. The molecule has 1 amide bonds. The Morgan fingerprint density at radius 3 is 2.17 bits per heavy atom. The topological polar surface area (TPSA) is 204 Å². The van der Waals surface area contributed by atoms with E-state index in [1.165, 1.54) is 6.92 Å². The van der Waals surface area contributed by atoms with Gasteiger partial charge in [-0.1, -0.05) is 62.4 Å². The van der Waals surface area contributed by atoms with Crippen molar-refractivity contribution in [3.05, 3.63) is 82.9 Å². The number of nitrogens with one attached hydrogen (secondary N) is 1. The van der Waals surface area contributed by atoms with Crippen LogP contribution in [0.3, 0.4) is 0 Å². The van der Waals surface area contributed by atoms with E-state index in [2.05, 4.69) is 5.32 Å². The van der Waals surface area contributed by atoms with E-state index in [1.54, 1.807) is 81.4 Å². The monoisotopic (exact) mass is 749 g/mol. The average Bonchev–Trinajstić information content (AvgIpc) is 3.14. The maximum absolute atomic E-state index is 15.0. The quantitative estimate of drug-likeness (QED) is 0.174. The van der Waals surface area contributed by atoms with Gasteiger partial charge in [0.25, 0.3) is 5.91 Å². The van der Waals surface area contributed by atoms with Crippen LogP contribution in [-0.4, -0.2) is 101 Å². The van der Waals surface area contributed by atoms with Gasteiger partial charge in [-0.2, -0.15) is 0 Å². The number of carbonyl (C=O) groups excluding carboxylic acids is 5. The van der Waals surface area contributed by atoms with E-state index in [-0.39, 0.29) is 31.4 Å². The molecule has 54 heavy (non-hydrogen) atoms. The van der Waals surface area contributed by atoms with Crippen LogP contribution in [0.2, 0.25) is 0 Å². The minimum atomic E-state index is -1.93. The van der Waals surface area contributed by atoms with Gasteiger partial charge in [0.2, 0.25) is 0 Å². The first-order valence-electron chi connectivity index (χ1n) is 17.9. The first kappa shape index (κ1) is 39.1. The summed E-state index contributed by atoms with van der Waals surface area (Å²) in [6.45, 7) is 7.42. The molecule has 4 aliphatic rings. The molecule has 2 aromatic carbocycles. The van der Waals surface area contributed by atoms with Crippen LogP contribution in [0.15, 0.2) is 71.8 Å². The Bertz CT molecular complexity index is 1850. The van der Waals surface area contributed by atoms with Crippen LogP contribution in [0.25, 0.3) is 0 Å². The predicted molar refractivity (Wildman–Crippen MR) is 188 cm³/mol. The number of carbonyl (C=O) groups is 5. The molecule has 4 N–H and O–H groups in total. The van der Waals surface area contributed by atoms with Crippen LogP contribution in [0.4, 0.5) is 4.79 Å². The second-order valence-electron chi connectivity index (χ2n) is 15.5. The number of benzene rings is 2. The molecule has 2 bridgehead atoms. The summed E-state index contributed by atoms with van der Waals surface area (Å²) in [5.74, 6) is -4.30. The average molecular weight is 750 g/mol. The number of hydrogen-bond acceptors (Lipinski definition) is 13. The maximum atomic E-state index is 15.0. The van der Waals surface area contributed by atoms with Gasteiger partial charge in [0.15, 0.2) is 23.6 Å². The van der Waals surface area contributed by atoms with Crippen molar-refractivity contribution >= 4 is 29.8 Å². The summed E-state index contributed by atoms with van der Waals surface area (Å²) in [5, 5.41) is 38.9. The highest BCUT2D eigenvalue weighted by atomic mass is 16.7. The van der Waals surface area contributed by atoms with E-state index in [0.29, 0.717) is 16.7 Å². The van der Waals surface area contributed by atoms with Crippen LogP contribution in [0.1, 0.15) is 75.8 Å². The third-order valence-corrected chi connectivity index (χ3v) is 12.4. The first-order chi connectivity index (χ1) is 25.4. The molecule has 1 aliphatic heterocycles. The molecule has 0 spiro atoms. The Morgan fingerprint density at radius 2 is 1.59 bits per heavy atom. The van der Waals surface area contributed by atoms with E-state index in [0.717, 1.165) is 14.0 Å². The summed E-state index contributed by atoms with van der Waals surface area (Å²) < 4.78 is 28.2. The molecule has 2 saturated carbocycles. The molecule has 2 aromatic rings. The van der Waals surface area contributed by atoms with Crippen molar-refractivity contribution in [3.8, 4) is 0 Å². The molecule has 0 radical (unpaired) electrons. The summed E-state index contributed by atoms with van der Waals surface area (Å²) in [4.78, 5) is 67.6. The number of aliphatic hydroxyl groups excluding tert-OH is 2. The van der Waals surface area contributed by atoms with Gasteiger partial charge in [-0.3, -0.25) is 14.4 Å². The Morgan fingerprint density at radius 1 is 0.963 bits per heavy atom. The van der Waals surface area contributed by atoms with Gasteiger partial charge in [-0.05, 0) is 49.1 Å². The summed E-state index contributed by atoms with van der Waals surface area (Å²) in [5.41, 5.74) is -5.27. The van der Waals surface area contributed by atoms with Crippen LogP contribution in [0.5, 0.6) is 0 Å². The molecule has 1 unspecified atom stereocenters. The number of methoxy groups -OCH3 is 1. The third kappa shape index (κ3) is 6.28. The van der Waals surface area contributed by atoms with Crippen LogP contribution < -0.4 is 5.32 Å². The largest absolute Gasteiger partial charge is 0.508 e. The van der Waals surface area contributed by atoms with Crippen molar-refractivity contribution in [2.24, 2.45) is 16.7 Å². The normalized spacial score (nSPS) is 33.6. The van der Waals surface area contributed by atoms with Gasteiger partial charge in [-0.25, -0.2) is 9.59 Å². The Kier molecular flexibility index (Phi) is 10.3. The van der Waals surface area contributed by atoms with Crippen molar-refractivity contribution in [2.75, 3.05) is 13.7 Å². The molecule has 1 heterocycles. The number of ketones is 1. The molecule has 3 fully saturated rings. The van der Waals surface area contributed by atoms with Crippen molar-refractivity contribution in [1.82, 2.24) is 5.32 Å². The molecule has 290 valence electrons. The van der Waals surface area contributed by atoms with Crippen molar-refractivity contribution < 1.29 is 63.0 Å². The summed E-state index contributed by atoms with van der Waals surface area (Å²) >= 11 is 0. The fourth-order valence-corrected chi connectivity index (χ4v) is 9.06. The fraction of sp³-hybridized carbons (Fsp3) is 0.525. The number of amides is 1. The van der Waals surface area contributed by atoms with Gasteiger partial charge in [0.05, 0.1) is 36.9 Å². The molecular formula is C40H47NO13. The number of hydrogen-bond donors (Lipinski definition) is 4. The number of Topliss-reactive ketones (excluding diaryl/α,β-unsaturated/α-hetero) is 1. The number of fused-ring (bicyclic) bond motifs is 5. The van der Waals surface area contributed by atoms with E-state index in [4.69, 9.17) is 23.7 Å². The number of esters is 2. The predicted octanol–water partition coefficient (Wildman–Crippen LogP) is 3.12. The lowest BCUT2D eigenvalue weighted by molar-refractivity contribution is -0.325. The van der Waals surface area contributed by atoms with Gasteiger partial charge >= 0.3 is 18.1 Å². The van der Waals surface area contributed by atoms with Crippen molar-refractivity contribution in [2.45, 2.75) is 102 Å². The molecule has 0 aromatic heterocycles. The van der Waals surface area contributed by atoms with Crippen LogP contribution in [0, 0.1) is 16.7 Å². The lowest BCUT2D eigenvalue weighted by Gasteiger charge is -2.65. The van der Waals surface area contributed by atoms with E-state index >= 15 is 0 Å². The van der Waals surface area contributed by atoms with E-state index in [9.17, 15) is 39.3 Å². The lowest BCUT2D eigenvalue weighted by Crippen LogP contribution is -2.77. The van der Waals surface area contributed by atoms with Gasteiger partial charge < -0.3 is 44.3 Å². The smallest absolute Gasteiger partial charge is 0.456 e. The summed E-state index contributed by atoms with van der Waals surface area (Å²) in [6, 6.07) is 15.4. The molecule has 1 saturated heterocycles. The first-order valence-corrected chi connectivity index (χ1v) is 17.9. The van der Waals surface area contributed by atoms with E-state index in [1.807, 2.05) is 0 Å². The van der Waals surface area contributed by atoms with Gasteiger partial charge in [0.1, 0.15) is 12.2 Å². The molecule has 14 heteroatoms. The summed E-state index contributed by atoms with van der Waals surface area (Å²) in [7, 11) is 1.13. The van der Waals surface area contributed by atoms with Gasteiger partial charge in [-0.15, -0.1) is 0 Å². The minimum absolute atomic E-state index is 0.0934. The third-order valence-electron chi connectivity index (χ3n) is 12.4. The molecular weight excluding hydrogens is 702 g/mol. The lowest BCUT2D eigenvalue weighted by atomic mass is 9.46. The van der Waals surface area contributed by atoms with Crippen molar-refractivity contribution in [3.63, 3.8) is 0 Å². The number of aliphatic hydroxyl groups is 3. The second kappa shape index (κ2) is 14.2. The highest BCUT2D eigenvalue weighted by molar-refractivity contribution is 5.96. The number of ether oxygens (including phenoxy) is 5. The van der Waals surface area contributed by atoms with Crippen LogP contribution >= 0.6 is 0 Å². The Hall–Kier alpha value is -4.63. The zero-order valence-electron chi connectivity index (χ0n) is 31.1. The molecule has 14 nitrogen and oxygen atoms in total. The van der Waals surface area contributed by atoms with E-state index < -0.39 is 94.3 Å². The zero-order valence-corrected chi connectivity index (χ0v) is 31.1. The molecule has 6 rings (SSSR count). The zero-order chi connectivity index (χ0) is 39.4. The fourth-order valence-electron chi connectivity index (χ4n) is 9.06. The summed E-state index contributed by atoms with van der Waals surface area (Å²) in [6.07, 6.45) is -8.72. The van der Waals surface area contributed by atoms with Gasteiger partial charge in [0, 0.05) is 36.7 Å². The van der Waals surface area contributed by atoms with Crippen LogP contribution in [-0.2, 0) is 38.1 Å². The Labute approximate surface area is 312 Å². The molecule has 10 atom stereocenters. The maximum Gasteiger partial charge on any atom is 0.508 e. The molecule has 3 aliphatic carbocycles. The standard InChI is InChI=1S/C40H47NO13/c1-21-25(53-35(47)31(44)30(23-13-9-7-10-14-23)41-34(46)24-15-11-8-12-16-24)18-39(49)19-26-38(5,33(45)32(52-22(2)42)29(21)37(39,3)4)27(43)17-28-40(26,20-51-28)54-36(48)50-6/h7-16,25-28,30-32,43-44,49H,17-20H2,1-6H3,(H,41,46)/t25-,26-,27-,28+,30-,31+,32+,38-,39+,40?/m0/s1. The Balaban J connectivity index is 1.42. The minimum Gasteiger partial charge on any atom is -0.456 e.